The highest BCUT2D eigenvalue weighted by molar-refractivity contribution is 5.88. The molecule has 2 amide bonds. The van der Waals surface area contributed by atoms with Gasteiger partial charge < -0.3 is 9.80 Å². The number of carbonyl (C=O) groups is 2. The Labute approximate surface area is 101 Å². The van der Waals surface area contributed by atoms with Crippen LogP contribution in [0.4, 0.5) is 0 Å². The molecule has 17 heavy (non-hydrogen) atoms. The van der Waals surface area contributed by atoms with Gasteiger partial charge in [-0.1, -0.05) is 0 Å². The molecule has 2 aliphatic heterocycles. The molecule has 2 unspecified atom stereocenters. The highest BCUT2D eigenvalue weighted by Gasteiger charge is 2.37. The number of hydrogen-bond donors (Lipinski definition) is 0. The molecule has 0 N–H and O–H groups in total. The van der Waals surface area contributed by atoms with Gasteiger partial charge in [0.1, 0.15) is 6.04 Å². The van der Waals surface area contributed by atoms with Gasteiger partial charge in [-0.25, -0.2) is 0 Å². The highest BCUT2D eigenvalue weighted by atomic mass is 16.2. The van der Waals surface area contributed by atoms with Gasteiger partial charge in [-0.05, 0) is 19.8 Å². The van der Waals surface area contributed by atoms with Crippen LogP contribution in [-0.2, 0) is 9.59 Å². The quantitative estimate of drug-likeness (QED) is 0.694. The first-order chi connectivity index (χ1) is 8.13. The first-order valence-electron chi connectivity index (χ1n) is 6.11. The van der Waals surface area contributed by atoms with Crippen molar-refractivity contribution in [3.8, 4) is 6.07 Å². The second-order valence-electron chi connectivity index (χ2n) is 4.78. The van der Waals surface area contributed by atoms with Crippen LogP contribution in [0.25, 0.3) is 0 Å². The number of nitrogens with zero attached hydrogens (tertiary/aromatic N) is 3. The lowest BCUT2D eigenvalue weighted by molar-refractivity contribution is -0.142. The van der Waals surface area contributed by atoms with E-state index in [1.54, 1.807) is 11.8 Å². The predicted molar refractivity (Wildman–Crippen MR) is 60.7 cm³/mol. The normalized spacial score (nSPS) is 26.1. The van der Waals surface area contributed by atoms with Gasteiger partial charge in [0, 0.05) is 26.1 Å². The van der Waals surface area contributed by atoms with Gasteiger partial charge in [0.05, 0.1) is 12.0 Å². The van der Waals surface area contributed by atoms with E-state index in [0.29, 0.717) is 6.54 Å². The van der Waals surface area contributed by atoms with E-state index in [0.717, 1.165) is 25.9 Å². The summed E-state index contributed by atoms with van der Waals surface area (Å²) in [7, 11) is 0. The van der Waals surface area contributed by atoms with Crippen LogP contribution >= 0.6 is 0 Å². The molecule has 2 saturated heterocycles. The Morgan fingerprint density at radius 2 is 2.12 bits per heavy atom. The fourth-order valence-electron chi connectivity index (χ4n) is 2.53. The summed E-state index contributed by atoms with van der Waals surface area (Å²) in [5.74, 6) is -0.303. The monoisotopic (exact) mass is 235 g/mol. The van der Waals surface area contributed by atoms with Gasteiger partial charge in [-0.15, -0.1) is 0 Å². The van der Waals surface area contributed by atoms with E-state index >= 15 is 0 Å². The number of carbonyl (C=O) groups excluding carboxylic acids is 2. The molecule has 5 nitrogen and oxygen atoms in total. The van der Waals surface area contributed by atoms with Crippen molar-refractivity contribution in [3.05, 3.63) is 0 Å². The fourth-order valence-corrected chi connectivity index (χ4v) is 2.53. The molecular formula is C12H17N3O2. The summed E-state index contributed by atoms with van der Waals surface area (Å²) in [5, 5.41) is 8.81. The number of amides is 2. The molecule has 0 radical (unpaired) electrons. The zero-order valence-electron chi connectivity index (χ0n) is 10.1. The summed E-state index contributed by atoms with van der Waals surface area (Å²) in [5.41, 5.74) is 0. The zero-order chi connectivity index (χ0) is 12.4. The highest BCUT2D eigenvalue weighted by Crippen LogP contribution is 2.21. The van der Waals surface area contributed by atoms with Crippen LogP contribution in [0, 0.1) is 17.2 Å². The summed E-state index contributed by atoms with van der Waals surface area (Å²) in [4.78, 5) is 27.2. The Hall–Kier alpha value is -1.57. The minimum atomic E-state index is -0.418. The van der Waals surface area contributed by atoms with E-state index in [1.807, 2.05) is 4.90 Å². The Bertz CT molecular complexity index is 368. The van der Waals surface area contributed by atoms with Gasteiger partial charge in [0.15, 0.2) is 0 Å². The first-order valence-corrected chi connectivity index (χ1v) is 6.11. The van der Waals surface area contributed by atoms with Crippen molar-refractivity contribution in [2.45, 2.75) is 32.2 Å². The molecule has 2 aliphatic rings. The Morgan fingerprint density at radius 3 is 2.65 bits per heavy atom. The SMILES string of the molecule is CC(C(=O)N1CCCC1)N1CC(C#N)CC1=O. The second kappa shape index (κ2) is 4.74. The van der Waals surface area contributed by atoms with E-state index in [2.05, 4.69) is 6.07 Å². The third kappa shape index (κ3) is 2.26. The van der Waals surface area contributed by atoms with Crippen LogP contribution in [0.3, 0.4) is 0 Å². The van der Waals surface area contributed by atoms with E-state index in [-0.39, 0.29) is 24.2 Å². The third-order valence-electron chi connectivity index (χ3n) is 3.58. The molecule has 2 rings (SSSR count). The molecule has 0 saturated carbocycles. The smallest absolute Gasteiger partial charge is 0.245 e. The van der Waals surface area contributed by atoms with Gasteiger partial charge in [-0.3, -0.25) is 9.59 Å². The number of rotatable bonds is 2. The molecular weight excluding hydrogens is 218 g/mol. The lowest BCUT2D eigenvalue weighted by Gasteiger charge is -2.27. The van der Waals surface area contributed by atoms with E-state index < -0.39 is 6.04 Å². The van der Waals surface area contributed by atoms with Crippen molar-refractivity contribution in [1.29, 1.82) is 5.26 Å². The summed E-state index contributed by atoms with van der Waals surface area (Å²) < 4.78 is 0. The summed E-state index contributed by atoms with van der Waals surface area (Å²) in [6.07, 6.45) is 2.36. The summed E-state index contributed by atoms with van der Waals surface area (Å²) in [6.45, 7) is 3.76. The van der Waals surface area contributed by atoms with Crippen molar-refractivity contribution >= 4 is 11.8 Å². The molecule has 2 fully saturated rings. The fraction of sp³-hybridized carbons (Fsp3) is 0.750. The molecule has 92 valence electrons. The number of likely N-dealkylation sites (tertiary alicyclic amines) is 2. The van der Waals surface area contributed by atoms with Crippen molar-refractivity contribution in [1.82, 2.24) is 9.80 Å². The van der Waals surface area contributed by atoms with Crippen LogP contribution in [-0.4, -0.2) is 47.3 Å². The van der Waals surface area contributed by atoms with Gasteiger partial charge in [0.2, 0.25) is 11.8 Å². The van der Waals surface area contributed by atoms with Crippen molar-refractivity contribution in [2.24, 2.45) is 5.92 Å². The molecule has 2 atom stereocenters. The van der Waals surface area contributed by atoms with Gasteiger partial charge in [0.25, 0.3) is 0 Å². The average Bonchev–Trinajstić information content (AvgIpc) is 2.95. The largest absolute Gasteiger partial charge is 0.341 e. The van der Waals surface area contributed by atoms with Gasteiger partial charge in [-0.2, -0.15) is 5.26 Å². The van der Waals surface area contributed by atoms with Gasteiger partial charge >= 0.3 is 0 Å². The minimum Gasteiger partial charge on any atom is -0.341 e. The molecule has 0 aromatic rings. The predicted octanol–water partition coefficient (Wildman–Crippen LogP) is 0.369. The summed E-state index contributed by atoms with van der Waals surface area (Å²) >= 11 is 0. The maximum absolute atomic E-state index is 12.1. The van der Waals surface area contributed by atoms with Crippen molar-refractivity contribution < 1.29 is 9.59 Å². The molecule has 2 heterocycles. The van der Waals surface area contributed by atoms with Crippen molar-refractivity contribution in [3.63, 3.8) is 0 Å². The average molecular weight is 235 g/mol. The summed E-state index contributed by atoms with van der Waals surface area (Å²) in [6, 6.07) is 1.68. The van der Waals surface area contributed by atoms with Crippen LogP contribution in [0.1, 0.15) is 26.2 Å². The topological polar surface area (TPSA) is 64.4 Å². The zero-order valence-corrected chi connectivity index (χ0v) is 10.1. The maximum Gasteiger partial charge on any atom is 0.245 e. The van der Waals surface area contributed by atoms with Crippen molar-refractivity contribution in [2.75, 3.05) is 19.6 Å². The Balaban J connectivity index is 2.00. The van der Waals surface area contributed by atoms with E-state index in [9.17, 15) is 9.59 Å². The molecule has 5 heteroatoms. The Morgan fingerprint density at radius 1 is 1.47 bits per heavy atom. The van der Waals surface area contributed by atoms with Crippen LogP contribution < -0.4 is 0 Å². The van der Waals surface area contributed by atoms with E-state index in [4.69, 9.17) is 5.26 Å². The molecule has 0 bridgehead atoms. The lowest BCUT2D eigenvalue weighted by atomic mass is 10.1. The molecule has 0 aliphatic carbocycles. The third-order valence-corrected chi connectivity index (χ3v) is 3.58. The van der Waals surface area contributed by atoms with Crippen LogP contribution in [0.2, 0.25) is 0 Å². The van der Waals surface area contributed by atoms with Crippen LogP contribution in [0.5, 0.6) is 0 Å². The minimum absolute atomic E-state index is 0.0226. The number of nitriles is 1. The standard InChI is InChI=1S/C12H17N3O2/c1-9(12(17)14-4-2-3-5-14)15-8-10(7-13)6-11(15)16/h9-10H,2-6,8H2,1H3. The maximum atomic E-state index is 12.1. The number of hydrogen-bond acceptors (Lipinski definition) is 3. The first kappa shape index (κ1) is 11.9. The lowest BCUT2D eigenvalue weighted by Crippen LogP contribution is -2.46. The molecule has 0 aromatic carbocycles. The molecule has 0 spiro atoms. The van der Waals surface area contributed by atoms with Crippen LogP contribution in [0.15, 0.2) is 0 Å². The Kier molecular flexibility index (Phi) is 3.32. The molecule has 0 aromatic heterocycles. The second-order valence-corrected chi connectivity index (χ2v) is 4.78. The van der Waals surface area contributed by atoms with E-state index in [1.165, 1.54) is 0 Å².